The van der Waals surface area contributed by atoms with E-state index in [1.807, 2.05) is 0 Å². The summed E-state index contributed by atoms with van der Waals surface area (Å²) in [7, 11) is -4.34. The Morgan fingerprint density at radius 1 is 1.08 bits per heavy atom. The Balaban J connectivity index is 0.000000640. The highest BCUT2D eigenvalue weighted by atomic mass is 32.2. The zero-order chi connectivity index (χ0) is 18.6. The first-order valence-corrected chi connectivity index (χ1v) is 9.97. The van der Waals surface area contributed by atoms with E-state index in [0.717, 1.165) is 25.3 Å². The zero-order valence-electron chi connectivity index (χ0n) is 15.2. The lowest BCUT2D eigenvalue weighted by Crippen LogP contribution is -2.21. The lowest BCUT2D eigenvalue weighted by molar-refractivity contribution is 0.321. The van der Waals surface area contributed by atoms with Crippen molar-refractivity contribution >= 4 is 15.8 Å². The maximum absolute atomic E-state index is 13.5. The fourth-order valence-electron chi connectivity index (χ4n) is 2.07. The molecule has 7 heteroatoms. The van der Waals surface area contributed by atoms with Crippen LogP contribution in [0.2, 0.25) is 0 Å². The standard InChI is InChI=1S/C11H16FNO3S.C6H15N/c1-2-3-4-7-13-11-6-5-9(8-10(11)12)17(14,15)16;1-4-7(5-2)6-3/h5-6,8,13H,2-4,7H2,1H3,(H,14,15,16);4-6H2,1-3H3. The SMILES string of the molecule is CCCCCNc1ccc(S(=O)(=O)O)cc1F.CCN(CC)CC. The van der Waals surface area contributed by atoms with Crippen LogP contribution in [0.4, 0.5) is 10.1 Å². The van der Waals surface area contributed by atoms with Crippen molar-refractivity contribution < 1.29 is 17.4 Å². The molecule has 24 heavy (non-hydrogen) atoms. The van der Waals surface area contributed by atoms with Crippen LogP contribution in [-0.4, -0.2) is 44.0 Å². The number of halogens is 1. The maximum Gasteiger partial charge on any atom is 0.294 e. The van der Waals surface area contributed by atoms with Crippen LogP contribution in [0.1, 0.15) is 47.0 Å². The average molecular weight is 363 g/mol. The largest absolute Gasteiger partial charge is 0.383 e. The van der Waals surface area contributed by atoms with Gasteiger partial charge in [-0.05, 0) is 44.3 Å². The summed E-state index contributed by atoms with van der Waals surface area (Å²) in [5, 5.41) is 2.87. The predicted octanol–water partition coefficient (Wildman–Crippen LogP) is 4.02. The molecule has 1 rings (SSSR count). The number of nitrogens with one attached hydrogen (secondary N) is 1. The Morgan fingerprint density at radius 3 is 2.04 bits per heavy atom. The highest BCUT2D eigenvalue weighted by Crippen LogP contribution is 2.18. The molecule has 0 unspecified atom stereocenters. The highest BCUT2D eigenvalue weighted by Gasteiger charge is 2.12. The van der Waals surface area contributed by atoms with Gasteiger partial charge in [-0.2, -0.15) is 8.42 Å². The minimum Gasteiger partial charge on any atom is -0.383 e. The van der Waals surface area contributed by atoms with Gasteiger partial charge in [0.05, 0.1) is 10.6 Å². The Kier molecular flexibility index (Phi) is 11.6. The fourth-order valence-corrected chi connectivity index (χ4v) is 2.56. The lowest BCUT2D eigenvalue weighted by Gasteiger charge is -2.13. The van der Waals surface area contributed by atoms with Gasteiger partial charge < -0.3 is 10.2 Å². The first kappa shape index (κ1) is 22.8. The number of hydrogen-bond donors (Lipinski definition) is 2. The smallest absolute Gasteiger partial charge is 0.294 e. The van der Waals surface area contributed by atoms with Crippen LogP contribution in [-0.2, 0) is 10.1 Å². The van der Waals surface area contributed by atoms with Crippen molar-refractivity contribution in [3.05, 3.63) is 24.0 Å². The van der Waals surface area contributed by atoms with Gasteiger partial charge >= 0.3 is 0 Å². The topological polar surface area (TPSA) is 69.6 Å². The van der Waals surface area contributed by atoms with Gasteiger partial charge in [0.1, 0.15) is 5.82 Å². The monoisotopic (exact) mass is 362 g/mol. The van der Waals surface area contributed by atoms with E-state index in [-0.39, 0.29) is 5.69 Å². The maximum atomic E-state index is 13.5. The van der Waals surface area contributed by atoms with Crippen LogP contribution in [0.5, 0.6) is 0 Å². The van der Waals surface area contributed by atoms with Crippen molar-refractivity contribution in [3.8, 4) is 0 Å². The molecule has 0 radical (unpaired) electrons. The predicted molar refractivity (Wildman–Crippen MR) is 97.7 cm³/mol. The molecule has 0 aliphatic carbocycles. The van der Waals surface area contributed by atoms with E-state index >= 15 is 0 Å². The summed E-state index contributed by atoms with van der Waals surface area (Å²) >= 11 is 0. The molecule has 1 aromatic rings. The van der Waals surface area contributed by atoms with Gasteiger partial charge in [-0.15, -0.1) is 0 Å². The Labute approximate surface area is 146 Å². The number of nitrogens with zero attached hydrogens (tertiary/aromatic N) is 1. The minimum atomic E-state index is -4.34. The van der Waals surface area contributed by atoms with E-state index in [9.17, 15) is 12.8 Å². The van der Waals surface area contributed by atoms with Gasteiger partial charge in [0.15, 0.2) is 0 Å². The quantitative estimate of drug-likeness (QED) is 0.513. The molecule has 0 aliphatic heterocycles. The highest BCUT2D eigenvalue weighted by molar-refractivity contribution is 7.85. The van der Waals surface area contributed by atoms with Gasteiger partial charge in [0, 0.05) is 6.54 Å². The number of hydrogen-bond acceptors (Lipinski definition) is 4. The summed E-state index contributed by atoms with van der Waals surface area (Å²) in [6.45, 7) is 12.8. The molecule has 0 saturated carbocycles. The van der Waals surface area contributed by atoms with Crippen molar-refractivity contribution in [2.24, 2.45) is 0 Å². The second-order valence-electron chi connectivity index (χ2n) is 5.37. The van der Waals surface area contributed by atoms with E-state index < -0.39 is 20.8 Å². The van der Waals surface area contributed by atoms with Crippen LogP contribution in [0.15, 0.2) is 23.1 Å². The third-order valence-electron chi connectivity index (χ3n) is 3.68. The molecule has 140 valence electrons. The first-order valence-electron chi connectivity index (χ1n) is 8.53. The molecular formula is C17H31FN2O3S. The molecule has 1 aromatic carbocycles. The van der Waals surface area contributed by atoms with Crippen molar-refractivity contribution in [2.75, 3.05) is 31.5 Å². The van der Waals surface area contributed by atoms with Crippen LogP contribution in [0, 0.1) is 5.82 Å². The average Bonchev–Trinajstić information content (AvgIpc) is 2.54. The van der Waals surface area contributed by atoms with Crippen molar-refractivity contribution in [1.29, 1.82) is 0 Å². The number of unbranched alkanes of at least 4 members (excludes halogenated alkanes) is 2. The van der Waals surface area contributed by atoms with Crippen molar-refractivity contribution in [3.63, 3.8) is 0 Å². The van der Waals surface area contributed by atoms with Gasteiger partial charge in [0.25, 0.3) is 10.1 Å². The Bertz CT molecular complexity index is 555. The summed E-state index contributed by atoms with van der Waals surface area (Å²) in [5.41, 5.74) is 0.244. The summed E-state index contributed by atoms with van der Waals surface area (Å²) in [6, 6.07) is 3.28. The summed E-state index contributed by atoms with van der Waals surface area (Å²) in [5.74, 6) is -0.684. The molecule has 2 N–H and O–H groups in total. The molecule has 0 aliphatic rings. The normalized spacial score (nSPS) is 11.1. The molecule has 0 fully saturated rings. The number of anilines is 1. The third kappa shape index (κ3) is 9.20. The molecule has 5 nitrogen and oxygen atoms in total. The first-order chi connectivity index (χ1) is 11.3. The summed E-state index contributed by atoms with van der Waals surface area (Å²) < 4.78 is 43.7. The van der Waals surface area contributed by atoms with E-state index in [1.165, 1.54) is 31.8 Å². The zero-order valence-corrected chi connectivity index (χ0v) is 16.0. The second-order valence-corrected chi connectivity index (χ2v) is 6.79. The van der Waals surface area contributed by atoms with Crippen LogP contribution < -0.4 is 5.32 Å². The number of rotatable bonds is 9. The van der Waals surface area contributed by atoms with Gasteiger partial charge in [0.2, 0.25) is 0 Å². The molecule has 0 heterocycles. The molecule has 0 saturated heterocycles. The molecule has 0 bridgehead atoms. The second kappa shape index (κ2) is 12.2. The Hall–Kier alpha value is -1.18. The van der Waals surface area contributed by atoms with Gasteiger partial charge in [-0.3, -0.25) is 4.55 Å². The Morgan fingerprint density at radius 2 is 1.67 bits per heavy atom. The van der Waals surface area contributed by atoms with Crippen LogP contribution in [0.25, 0.3) is 0 Å². The minimum absolute atomic E-state index is 0.244. The lowest BCUT2D eigenvalue weighted by atomic mass is 10.2. The molecule has 0 amide bonds. The van der Waals surface area contributed by atoms with Gasteiger partial charge in [-0.1, -0.05) is 40.5 Å². The molecular weight excluding hydrogens is 331 g/mol. The number of benzene rings is 1. The summed E-state index contributed by atoms with van der Waals surface area (Å²) in [4.78, 5) is 1.94. The van der Waals surface area contributed by atoms with E-state index in [1.54, 1.807) is 0 Å². The van der Waals surface area contributed by atoms with E-state index in [0.29, 0.717) is 6.54 Å². The van der Waals surface area contributed by atoms with Crippen molar-refractivity contribution in [2.45, 2.75) is 51.9 Å². The van der Waals surface area contributed by atoms with Crippen LogP contribution >= 0.6 is 0 Å². The van der Waals surface area contributed by atoms with Crippen LogP contribution in [0.3, 0.4) is 0 Å². The van der Waals surface area contributed by atoms with Gasteiger partial charge in [-0.25, -0.2) is 4.39 Å². The van der Waals surface area contributed by atoms with E-state index in [2.05, 4.69) is 37.9 Å². The molecule has 0 aromatic heterocycles. The third-order valence-corrected chi connectivity index (χ3v) is 4.53. The molecule has 0 spiro atoms. The van der Waals surface area contributed by atoms with E-state index in [4.69, 9.17) is 4.55 Å². The summed E-state index contributed by atoms with van der Waals surface area (Å²) in [6.07, 6.45) is 3.06. The molecule has 0 atom stereocenters. The fraction of sp³-hybridized carbons (Fsp3) is 0.647. The van der Waals surface area contributed by atoms with Crippen molar-refractivity contribution in [1.82, 2.24) is 4.90 Å².